The molecule has 1 saturated carbocycles. The SMILES string of the molecule is Cc1ccc(Cl)cc1N1CCN([C@@H](c2cc3cccc(C)c3[nH]c2=O)c2nnnn2C2CCCCC2)CC1. The molecule has 198 valence electrons. The molecule has 1 aliphatic carbocycles. The largest absolute Gasteiger partial charge is 0.369 e. The first kappa shape index (κ1) is 25.1. The van der Waals surface area contributed by atoms with Gasteiger partial charge in [-0.05, 0) is 71.8 Å². The second kappa shape index (κ2) is 10.5. The highest BCUT2D eigenvalue weighted by atomic mass is 35.5. The van der Waals surface area contributed by atoms with Crippen molar-refractivity contribution in [3.63, 3.8) is 0 Å². The van der Waals surface area contributed by atoms with Crippen molar-refractivity contribution in [2.75, 3.05) is 31.1 Å². The number of rotatable bonds is 5. The Morgan fingerprint density at radius 2 is 1.76 bits per heavy atom. The molecular weight excluding hydrogens is 498 g/mol. The van der Waals surface area contributed by atoms with Crippen molar-refractivity contribution in [1.82, 2.24) is 30.1 Å². The highest BCUT2D eigenvalue weighted by Crippen LogP contribution is 2.34. The number of hydrogen-bond donors (Lipinski definition) is 1. The third kappa shape index (κ3) is 4.71. The number of pyridine rings is 1. The number of fused-ring (bicyclic) bond motifs is 1. The summed E-state index contributed by atoms with van der Waals surface area (Å²) in [4.78, 5) is 21.6. The maximum Gasteiger partial charge on any atom is 0.253 e. The number of anilines is 1. The lowest BCUT2D eigenvalue weighted by molar-refractivity contribution is 0.192. The number of benzene rings is 2. The van der Waals surface area contributed by atoms with E-state index in [1.165, 1.54) is 30.5 Å². The van der Waals surface area contributed by atoms with Gasteiger partial charge in [-0.2, -0.15) is 0 Å². The summed E-state index contributed by atoms with van der Waals surface area (Å²) < 4.78 is 2.01. The molecule has 0 unspecified atom stereocenters. The first-order valence-electron chi connectivity index (χ1n) is 13.6. The van der Waals surface area contributed by atoms with Gasteiger partial charge in [0.1, 0.15) is 6.04 Å². The van der Waals surface area contributed by atoms with Gasteiger partial charge in [-0.3, -0.25) is 9.69 Å². The van der Waals surface area contributed by atoms with Gasteiger partial charge in [0.05, 0.1) is 11.6 Å². The van der Waals surface area contributed by atoms with Gasteiger partial charge < -0.3 is 9.88 Å². The van der Waals surface area contributed by atoms with Crippen LogP contribution in [0.3, 0.4) is 0 Å². The second-order valence-electron chi connectivity index (χ2n) is 10.7. The molecule has 2 aromatic heterocycles. The Kier molecular flexibility index (Phi) is 6.93. The summed E-state index contributed by atoms with van der Waals surface area (Å²) in [6.07, 6.45) is 5.76. The minimum Gasteiger partial charge on any atom is -0.369 e. The third-order valence-electron chi connectivity index (χ3n) is 8.29. The van der Waals surface area contributed by atoms with Crippen LogP contribution in [0, 0.1) is 13.8 Å². The summed E-state index contributed by atoms with van der Waals surface area (Å²) >= 11 is 6.33. The van der Waals surface area contributed by atoms with Crippen LogP contribution in [0.5, 0.6) is 0 Å². The monoisotopic (exact) mass is 531 g/mol. The van der Waals surface area contributed by atoms with Crippen LogP contribution >= 0.6 is 11.6 Å². The molecular formula is C29H34ClN7O. The fourth-order valence-electron chi connectivity index (χ4n) is 6.21. The zero-order valence-electron chi connectivity index (χ0n) is 22.0. The first-order chi connectivity index (χ1) is 18.5. The molecule has 1 N–H and O–H groups in total. The van der Waals surface area contributed by atoms with E-state index in [9.17, 15) is 4.79 Å². The molecule has 3 heterocycles. The number of hydrogen-bond acceptors (Lipinski definition) is 6. The molecule has 0 amide bonds. The summed E-state index contributed by atoms with van der Waals surface area (Å²) in [6.45, 7) is 7.35. The van der Waals surface area contributed by atoms with Crippen molar-refractivity contribution >= 4 is 28.2 Å². The van der Waals surface area contributed by atoms with Gasteiger partial charge in [0.2, 0.25) is 0 Å². The van der Waals surface area contributed by atoms with Crippen LogP contribution in [0.15, 0.2) is 47.3 Å². The molecule has 38 heavy (non-hydrogen) atoms. The molecule has 0 spiro atoms. The number of aromatic amines is 1. The summed E-state index contributed by atoms with van der Waals surface area (Å²) in [7, 11) is 0. The van der Waals surface area contributed by atoms with Gasteiger partial charge in [0, 0.05) is 42.5 Å². The smallest absolute Gasteiger partial charge is 0.253 e. The Morgan fingerprint density at radius 3 is 2.55 bits per heavy atom. The van der Waals surface area contributed by atoms with Gasteiger partial charge in [0.25, 0.3) is 5.56 Å². The Morgan fingerprint density at radius 1 is 0.974 bits per heavy atom. The minimum atomic E-state index is -0.330. The minimum absolute atomic E-state index is 0.0805. The van der Waals surface area contributed by atoms with E-state index < -0.39 is 0 Å². The van der Waals surface area contributed by atoms with Gasteiger partial charge in [0.15, 0.2) is 5.82 Å². The Hall–Kier alpha value is -3.23. The predicted octanol–water partition coefficient (Wildman–Crippen LogP) is 5.20. The summed E-state index contributed by atoms with van der Waals surface area (Å²) in [5, 5.41) is 14.9. The van der Waals surface area contributed by atoms with Crippen LogP contribution in [0.2, 0.25) is 5.02 Å². The normalized spacial score (nSPS) is 18.2. The number of nitrogens with one attached hydrogen (secondary N) is 1. The lowest BCUT2D eigenvalue weighted by Gasteiger charge is -2.40. The molecule has 2 aliphatic rings. The van der Waals surface area contributed by atoms with E-state index >= 15 is 0 Å². The molecule has 8 nitrogen and oxygen atoms in total. The maximum absolute atomic E-state index is 13.6. The molecule has 0 radical (unpaired) electrons. The van der Waals surface area contributed by atoms with Crippen molar-refractivity contribution in [1.29, 1.82) is 0 Å². The first-order valence-corrected chi connectivity index (χ1v) is 14.0. The van der Waals surface area contributed by atoms with E-state index in [0.717, 1.165) is 66.3 Å². The summed E-state index contributed by atoms with van der Waals surface area (Å²) in [6, 6.07) is 14.2. The number of aromatic nitrogens is 5. The number of piperazine rings is 1. The Labute approximate surface area is 227 Å². The van der Waals surface area contributed by atoms with Crippen LogP contribution in [-0.4, -0.2) is 56.3 Å². The van der Waals surface area contributed by atoms with Gasteiger partial charge in [-0.15, -0.1) is 5.10 Å². The second-order valence-corrected chi connectivity index (χ2v) is 11.2. The quantitative estimate of drug-likeness (QED) is 0.381. The lowest BCUT2D eigenvalue weighted by atomic mass is 9.95. The Balaban J connectivity index is 1.39. The zero-order valence-corrected chi connectivity index (χ0v) is 22.8. The molecule has 2 aromatic carbocycles. The van der Waals surface area contributed by atoms with Crippen molar-refractivity contribution in [3.05, 3.63) is 80.4 Å². The van der Waals surface area contributed by atoms with Gasteiger partial charge >= 0.3 is 0 Å². The van der Waals surface area contributed by atoms with Crippen LogP contribution < -0.4 is 10.5 Å². The van der Waals surface area contributed by atoms with Crippen LogP contribution in [0.1, 0.15) is 66.7 Å². The van der Waals surface area contributed by atoms with E-state index in [1.54, 1.807) is 0 Å². The maximum atomic E-state index is 13.6. The number of halogens is 1. The van der Waals surface area contributed by atoms with E-state index in [0.29, 0.717) is 5.56 Å². The van der Waals surface area contributed by atoms with Crippen molar-refractivity contribution in [3.8, 4) is 0 Å². The number of tetrazole rings is 1. The van der Waals surface area contributed by atoms with Crippen molar-refractivity contribution < 1.29 is 0 Å². The molecule has 1 aliphatic heterocycles. The number of para-hydroxylation sites is 1. The molecule has 1 atom stereocenters. The van der Waals surface area contributed by atoms with Crippen LogP contribution in [0.25, 0.3) is 10.9 Å². The highest BCUT2D eigenvalue weighted by molar-refractivity contribution is 6.30. The highest BCUT2D eigenvalue weighted by Gasteiger charge is 2.34. The van der Waals surface area contributed by atoms with Crippen LogP contribution in [0.4, 0.5) is 5.69 Å². The van der Waals surface area contributed by atoms with E-state index in [-0.39, 0.29) is 17.6 Å². The molecule has 2 fully saturated rings. The average Bonchev–Trinajstić information content (AvgIpc) is 3.41. The third-order valence-corrected chi connectivity index (χ3v) is 8.52. The summed E-state index contributed by atoms with van der Waals surface area (Å²) in [5.41, 5.74) is 4.93. The topological polar surface area (TPSA) is 82.9 Å². The predicted molar refractivity (Wildman–Crippen MR) is 151 cm³/mol. The van der Waals surface area contributed by atoms with E-state index in [1.807, 2.05) is 41.9 Å². The van der Waals surface area contributed by atoms with Crippen molar-refractivity contribution in [2.24, 2.45) is 0 Å². The molecule has 6 rings (SSSR count). The van der Waals surface area contributed by atoms with Gasteiger partial charge in [-0.1, -0.05) is 55.1 Å². The molecule has 1 saturated heterocycles. The van der Waals surface area contributed by atoms with Crippen molar-refractivity contribution in [2.45, 2.75) is 58.0 Å². The molecule has 0 bridgehead atoms. The van der Waals surface area contributed by atoms with E-state index in [2.05, 4.69) is 49.4 Å². The van der Waals surface area contributed by atoms with Gasteiger partial charge in [-0.25, -0.2) is 4.68 Å². The Bertz CT molecular complexity index is 1500. The van der Waals surface area contributed by atoms with E-state index in [4.69, 9.17) is 11.6 Å². The number of H-pyrrole nitrogens is 1. The van der Waals surface area contributed by atoms with Crippen LogP contribution in [-0.2, 0) is 0 Å². The average molecular weight is 532 g/mol. The zero-order chi connectivity index (χ0) is 26.2. The number of nitrogens with zero attached hydrogens (tertiary/aromatic N) is 6. The fraction of sp³-hybridized carbons (Fsp3) is 0.448. The molecule has 9 heteroatoms. The molecule has 4 aromatic rings. The number of aryl methyl sites for hydroxylation is 2. The fourth-order valence-corrected chi connectivity index (χ4v) is 6.38. The standard InChI is InChI=1S/C29H34ClN7O/c1-19-11-12-22(30)18-25(19)35-13-15-36(16-14-35)27(28-32-33-34-37(28)23-9-4-3-5-10-23)24-17-21-8-6-7-20(2)26(21)31-29(24)38/h6-8,11-12,17-18,23,27H,3-5,9-10,13-16H2,1-2H3,(H,31,38)/t27-/m0/s1. The summed E-state index contributed by atoms with van der Waals surface area (Å²) in [5.74, 6) is 0.766. The lowest BCUT2D eigenvalue weighted by Crippen LogP contribution is -2.49.